The van der Waals surface area contributed by atoms with Gasteiger partial charge in [-0.25, -0.2) is 0 Å². The number of rotatable bonds is 5. The van der Waals surface area contributed by atoms with Crippen molar-refractivity contribution in [3.63, 3.8) is 0 Å². The molecule has 0 aliphatic carbocycles. The summed E-state index contributed by atoms with van der Waals surface area (Å²) in [5.74, 6) is 2.59. The molecule has 2 aliphatic rings. The fraction of sp³-hybridized carbons (Fsp3) is 0.789. The summed E-state index contributed by atoms with van der Waals surface area (Å²) in [6, 6.07) is 4.68. The third-order valence-corrected chi connectivity index (χ3v) is 5.32. The fourth-order valence-electron chi connectivity index (χ4n) is 3.79. The van der Waals surface area contributed by atoms with Crippen molar-refractivity contribution >= 4 is 0 Å². The van der Waals surface area contributed by atoms with Crippen molar-refractivity contribution in [1.82, 2.24) is 9.80 Å². The average molecular weight is 336 g/mol. The Morgan fingerprint density at radius 1 is 1.38 bits per heavy atom. The lowest BCUT2D eigenvalue weighted by Gasteiger charge is -2.31. The summed E-state index contributed by atoms with van der Waals surface area (Å²) in [5, 5.41) is 0. The highest BCUT2D eigenvalue weighted by atomic mass is 16.5. The standard InChI is InChI=1S/C19H32N2O3/c1-15(2)20(4)10-17-9-19(23-12-17)13-21(7-8-22-14-19)11-18-6-5-16(3)24-18/h5-6,15,17H,7-14H2,1-4H3/t17-,19+/m1/s1. The van der Waals surface area contributed by atoms with Crippen molar-refractivity contribution in [1.29, 1.82) is 0 Å². The van der Waals surface area contributed by atoms with E-state index in [1.807, 2.05) is 13.0 Å². The highest BCUT2D eigenvalue weighted by molar-refractivity contribution is 5.06. The van der Waals surface area contributed by atoms with E-state index in [0.29, 0.717) is 18.6 Å². The third-order valence-electron chi connectivity index (χ3n) is 5.32. The van der Waals surface area contributed by atoms with E-state index < -0.39 is 0 Å². The molecule has 2 atom stereocenters. The van der Waals surface area contributed by atoms with Crippen LogP contribution in [0.4, 0.5) is 0 Å². The smallest absolute Gasteiger partial charge is 0.118 e. The first kappa shape index (κ1) is 17.9. The molecular formula is C19H32N2O3. The van der Waals surface area contributed by atoms with Gasteiger partial charge in [-0.05, 0) is 52.3 Å². The summed E-state index contributed by atoms with van der Waals surface area (Å²) in [6.45, 7) is 12.6. The molecule has 3 rings (SSSR count). The zero-order chi connectivity index (χ0) is 17.2. The summed E-state index contributed by atoms with van der Waals surface area (Å²) in [6.07, 6.45) is 1.08. The molecule has 0 radical (unpaired) electrons. The number of hydrogen-bond acceptors (Lipinski definition) is 5. The topological polar surface area (TPSA) is 38.1 Å². The second-order valence-corrected chi connectivity index (χ2v) is 7.87. The van der Waals surface area contributed by atoms with Crippen LogP contribution >= 0.6 is 0 Å². The molecule has 2 aliphatic heterocycles. The lowest BCUT2D eigenvalue weighted by molar-refractivity contribution is -0.0566. The molecule has 0 N–H and O–H groups in total. The van der Waals surface area contributed by atoms with Gasteiger partial charge in [0.1, 0.15) is 17.1 Å². The van der Waals surface area contributed by atoms with Crippen LogP contribution < -0.4 is 0 Å². The van der Waals surface area contributed by atoms with E-state index in [-0.39, 0.29) is 5.60 Å². The summed E-state index contributed by atoms with van der Waals surface area (Å²) < 4.78 is 17.9. The first-order chi connectivity index (χ1) is 11.5. The van der Waals surface area contributed by atoms with Crippen LogP contribution in [-0.4, -0.2) is 67.9 Å². The summed E-state index contributed by atoms with van der Waals surface area (Å²) in [5.41, 5.74) is -0.152. The van der Waals surface area contributed by atoms with Gasteiger partial charge in [0.2, 0.25) is 0 Å². The minimum atomic E-state index is -0.152. The van der Waals surface area contributed by atoms with Crippen molar-refractivity contribution in [2.45, 2.75) is 45.4 Å². The maximum absolute atomic E-state index is 6.30. The summed E-state index contributed by atoms with van der Waals surface area (Å²) in [4.78, 5) is 4.83. The van der Waals surface area contributed by atoms with Crippen LogP contribution in [0, 0.1) is 12.8 Å². The van der Waals surface area contributed by atoms with Gasteiger partial charge in [-0.3, -0.25) is 4.90 Å². The molecule has 1 spiro atoms. The van der Waals surface area contributed by atoms with Crippen LogP contribution in [0.3, 0.4) is 0 Å². The predicted molar refractivity (Wildman–Crippen MR) is 94.1 cm³/mol. The van der Waals surface area contributed by atoms with Gasteiger partial charge >= 0.3 is 0 Å². The summed E-state index contributed by atoms with van der Waals surface area (Å²) in [7, 11) is 2.20. The van der Waals surface area contributed by atoms with Crippen LogP contribution in [-0.2, 0) is 16.0 Å². The molecular weight excluding hydrogens is 304 g/mol. The molecule has 5 heteroatoms. The van der Waals surface area contributed by atoms with E-state index in [2.05, 4.69) is 36.8 Å². The average Bonchev–Trinajstić information content (AvgIpc) is 3.04. The molecule has 0 unspecified atom stereocenters. The molecule has 0 saturated carbocycles. The molecule has 2 saturated heterocycles. The largest absolute Gasteiger partial charge is 0.465 e. The fourth-order valence-corrected chi connectivity index (χ4v) is 3.79. The Balaban J connectivity index is 1.60. The van der Waals surface area contributed by atoms with E-state index in [1.165, 1.54) is 0 Å². The lowest BCUT2D eigenvalue weighted by atomic mass is 9.93. The third kappa shape index (κ3) is 4.39. The Labute approximate surface area is 145 Å². The molecule has 0 bridgehead atoms. The second kappa shape index (κ2) is 7.56. The maximum Gasteiger partial charge on any atom is 0.118 e. The highest BCUT2D eigenvalue weighted by Crippen LogP contribution is 2.33. The van der Waals surface area contributed by atoms with E-state index >= 15 is 0 Å². The van der Waals surface area contributed by atoms with Gasteiger partial charge in [0.25, 0.3) is 0 Å². The van der Waals surface area contributed by atoms with Crippen LogP contribution in [0.1, 0.15) is 31.8 Å². The summed E-state index contributed by atoms with van der Waals surface area (Å²) >= 11 is 0. The van der Waals surface area contributed by atoms with Crippen molar-refractivity contribution < 1.29 is 13.9 Å². The van der Waals surface area contributed by atoms with Crippen molar-refractivity contribution in [2.75, 3.05) is 46.5 Å². The zero-order valence-electron chi connectivity index (χ0n) is 15.6. The minimum absolute atomic E-state index is 0.152. The van der Waals surface area contributed by atoms with Crippen molar-refractivity contribution in [3.8, 4) is 0 Å². The normalized spacial score (nSPS) is 29.0. The van der Waals surface area contributed by atoms with Gasteiger partial charge in [0.15, 0.2) is 0 Å². The number of nitrogens with zero attached hydrogens (tertiary/aromatic N) is 2. The highest BCUT2D eigenvalue weighted by Gasteiger charge is 2.43. The molecule has 24 heavy (non-hydrogen) atoms. The Morgan fingerprint density at radius 3 is 2.92 bits per heavy atom. The number of ether oxygens (including phenoxy) is 2. The van der Waals surface area contributed by atoms with Gasteiger partial charge < -0.3 is 18.8 Å². The van der Waals surface area contributed by atoms with Gasteiger partial charge in [0, 0.05) is 25.7 Å². The lowest BCUT2D eigenvalue weighted by Crippen LogP contribution is -2.44. The molecule has 3 heterocycles. The van der Waals surface area contributed by atoms with Gasteiger partial charge in [-0.2, -0.15) is 0 Å². The second-order valence-electron chi connectivity index (χ2n) is 7.87. The first-order valence-electron chi connectivity index (χ1n) is 9.15. The van der Waals surface area contributed by atoms with E-state index in [9.17, 15) is 0 Å². The Kier molecular flexibility index (Phi) is 5.65. The van der Waals surface area contributed by atoms with Gasteiger partial charge in [-0.1, -0.05) is 0 Å². The molecule has 0 aromatic carbocycles. The van der Waals surface area contributed by atoms with Crippen LogP contribution in [0.2, 0.25) is 0 Å². The van der Waals surface area contributed by atoms with Crippen molar-refractivity contribution in [2.24, 2.45) is 5.92 Å². The van der Waals surface area contributed by atoms with Crippen molar-refractivity contribution in [3.05, 3.63) is 23.7 Å². The van der Waals surface area contributed by atoms with Crippen LogP contribution in [0.5, 0.6) is 0 Å². The van der Waals surface area contributed by atoms with E-state index in [4.69, 9.17) is 13.9 Å². The molecule has 136 valence electrons. The number of furan rings is 1. The number of hydrogen-bond donors (Lipinski definition) is 0. The Bertz CT molecular complexity index is 530. The molecule has 2 fully saturated rings. The molecule has 1 aromatic rings. The quantitative estimate of drug-likeness (QED) is 0.826. The SMILES string of the molecule is Cc1ccc(CN2CCOC[C@]3(C[C@H](CN(C)C(C)C)CO3)C2)o1. The van der Waals surface area contributed by atoms with Crippen LogP contribution in [0.25, 0.3) is 0 Å². The van der Waals surface area contributed by atoms with Gasteiger partial charge in [-0.15, -0.1) is 0 Å². The predicted octanol–water partition coefficient (Wildman–Crippen LogP) is 2.54. The van der Waals surface area contributed by atoms with Gasteiger partial charge in [0.05, 0.1) is 26.4 Å². The molecule has 5 nitrogen and oxygen atoms in total. The number of aryl methyl sites for hydroxylation is 1. The Morgan fingerprint density at radius 2 is 2.21 bits per heavy atom. The van der Waals surface area contributed by atoms with E-state index in [0.717, 1.165) is 57.3 Å². The zero-order valence-corrected chi connectivity index (χ0v) is 15.6. The Hall–Kier alpha value is -0.880. The molecule has 1 aromatic heterocycles. The van der Waals surface area contributed by atoms with Crippen LogP contribution in [0.15, 0.2) is 16.5 Å². The minimum Gasteiger partial charge on any atom is -0.465 e. The monoisotopic (exact) mass is 336 g/mol. The first-order valence-corrected chi connectivity index (χ1v) is 9.15. The molecule has 0 amide bonds. The van der Waals surface area contributed by atoms with E-state index in [1.54, 1.807) is 0 Å². The maximum atomic E-state index is 6.30.